The van der Waals surface area contributed by atoms with E-state index in [0.717, 1.165) is 6.42 Å². The van der Waals surface area contributed by atoms with Crippen LogP contribution in [0.5, 0.6) is 0 Å². The Kier molecular flexibility index (Phi) is 2.54. The highest BCUT2D eigenvalue weighted by atomic mass is 79.9. The van der Waals surface area contributed by atoms with Crippen molar-refractivity contribution in [3.05, 3.63) is 35.4 Å². The van der Waals surface area contributed by atoms with E-state index in [2.05, 4.69) is 61.0 Å². The van der Waals surface area contributed by atoms with Crippen LogP contribution < -0.4 is 0 Å². The average molecular weight is 263 g/mol. The lowest BCUT2D eigenvalue weighted by Gasteiger charge is -2.19. The van der Waals surface area contributed by atoms with Crippen LogP contribution in [0.1, 0.15) is 44.2 Å². The Morgan fingerprint density at radius 3 is 2.07 bits per heavy atom. The molecule has 1 aromatic rings. The minimum atomic E-state index is -0.143. The molecule has 1 fully saturated rings. The Morgan fingerprint density at radius 1 is 1.27 bits per heavy atom. The van der Waals surface area contributed by atoms with Gasteiger partial charge in [-0.15, -0.1) is 0 Å². The molecule has 2 radical (unpaired) electrons. The van der Waals surface area contributed by atoms with Crippen molar-refractivity contribution in [2.75, 3.05) is 0 Å². The van der Waals surface area contributed by atoms with Crippen LogP contribution in [0.2, 0.25) is 0 Å². The maximum absolute atomic E-state index is 5.98. The van der Waals surface area contributed by atoms with E-state index in [1.807, 2.05) is 0 Å². The first-order chi connectivity index (χ1) is 6.81. The van der Waals surface area contributed by atoms with Gasteiger partial charge in [0.1, 0.15) is 0 Å². The Balaban J connectivity index is 2.19. The van der Waals surface area contributed by atoms with Crippen LogP contribution in [0.4, 0.5) is 0 Å². The van der Waals surface area contributed by atoms with E-state index in [-0.39, 0.29) is 9.64 Å². The normalized spacial score (nSPS) is 30.3. The topological polar surface area (TPSA) is 0 Å². The van der Waals surface area contributed by atoms with Gasteiger partial charge in [0.05, 0.1) is 7.85 Å². The van der Waals surface area contributed by atoms with Crippen molar-refractivity contribution >= 4 is 23.8 Å². The van der Waals surface area contributed by atoms with Crippen LogP contribution in [-0.2, 0) is 5.41 Å². The summed E-state index contributed by atoms with van der Waals surface area (Å²) in [6.07, 6.45) is 1.04. The third-order valence-electron chi connectivity index (χ3n) is 3.12. The molecular formula is C13H16BBr. The maximum atomic E-state index is 5.98. The minimum Gasteiger partial charge on any atom is -0.0953 e. The van der Waals surface area contributed by atoms with Crippen molar-refractivity contribution in [1.29, 1.82) is 0 Å². The molecule has 2 rings (SSSR count). The van der Waals surface area contributed by atoms with Crippen LogP contribution >= 0.6 is 15.9 Å². The van der Waals surface area contributed by atoms with Crippen molar-refractivity contribution < 1.29 is 0 Å². The van der Waals surface area contributed by atoms with Crippen molar-refractivity contribution in [3.63, 3.8) is 0 Å². The maximum Gasteiger partial charge on any atom is 0.0910 e. The lowest BCUT2D eigenvalue weighted by molar-refractivity contribution is 0.590. The molecule has 2 atom stereocenters. The smallest absolute Gasteiger partial charge is 0.0910 e. The summed E-state index contributed by atoms with van der Waals surface area (Å²) in [6, 6.07) is 8.86. The molecule has 1 saturated carbocycles. The van der Waals surface area contributed by atoms with Crippen molar-refractivity contribution in [2.24, 2.45) is 0 Å². The lowest BCUT2D eigenvalue weighted by Crippen LogP contribution is -2.10. The van der Waals surface area contributed by atoms with E-state index >= 15 is 0 Å². The van der Waals surface area contributed by atoms with Gasteiger partial charge in [-0.2, -0.15) is 0 Å². The summed E-state index contributed by atoms with van der Waals surface area (Å²) in [7, 11) is 5.98. The largest absolute Gasteiger partial charge is 0.0953 e. The highest BCUT2D eigenvalue weighted by molar-refractivity contribution is 9.10. The monoisotopic (exact) mass is 262 g/mol. The number of hydrogen-bond donors (Lipinski definition) is 0. The summed E-state index contributed by atoms with van der Waals surface area (Å²) in [5, 5.41) is 0. The Labute approximate surface area is 102 Å². The first-order valence-electron chi connectivity index (χ1n) is 5.39. The number of hydrogen-bond acceptors (Lipinski definition) is 0. The van der Waals surface area contributed by atoms with Gasteiger partial charge < -0.3 is 0 Å². The summed E-state index contributed by atoms with van der Waals surface area (Å²) >= 11 is 3.53. The van der Waals surface area contributed by atoms with Gasteiger partial charge in [-0.05, 0) is 33.1 Å². The van der Waals surface area contributed by atoms with Crippen molar-refractivity contribution in [2.45, 2.75) is 42.7 Å². The quantitative estimate of drug-likeness (QED) is 0.535. The second-order valence-electron chi connectivity index (χ2n) is 5.56. The number of rotatable bonds is 1. The van der Waals surface area contributed by atoms with Crippen molar-refractivity contribution in [3.8, 4) is 0 Å². The van der Waals surface area contributed by atoms with Gasteiger partial charge in [-0.25, -0.2) is 0 Å². The number of alkyl halides is 1. The molecule has 0 amide bonds. The van der Waals surface area contributed by atoms with E-state index in [0.29, 0.717) is 5.92 Å². The molecule has 1 aliphatic rings. The molecule has 15 heavy (non-hydrogen) atoms. The van der Waals surface area contributed by atoms with E-state index in [1.54, 1.807) is 0 Å². The van der Waals surface area contributed by atoms with E-state index in [4.69, 9.17) is 7.85 Å². The summed E-state index contributed by atoms with van der Waals surface area (Å²) in [5.74, 6) is 0.492. The average Bonchev–Trinajstić information content (AvgIpc) is 2.74. The van der Waals surface area contributed by atoms with Gasteiger partial charge in [-0.1, -0.05) is 61.0 Å². The molecule has 0 aromatic heterocycles. The number of halogens is 1. The second-order valence-corrected chi connectivity index (χ2v) is 7.03. The van der Waals surface area contributed by atoms with Gasteiger partial charge in [0.25, 0.3) is 0 Å². The predicted octanol–water partition coefficient (Wildman–Crippen LogP) is 3.73. The molecule has 0 N–H and O–H groups in total. The van der Waals surface area contributed by atoms with Gasteiger partial charge in [-0.3, -0.25) is 0 Å². The van der Waals surface area contributed by atoms with Crippen LogP contribution in [0.15, 0.2) is 24.3 Å². The second kappa shape index (κ2) is 3.38. The molecule has 0 saturated heterocycles. The van der Waals surface area contributed by atoms with E-state index in [1.165, 1.54) is 11.1 Å². The third kappa shape index (κ3) is 2.30. The summed E-state index contributed by atoms with van der Waals surface area (Å²) in [4.78, 5) is 0. The van der Waals surface area contributed by atoms with Crippen LogP contribution in [0.25, 0.3) is 0 Å². The number of benzene rings is 1. The van der Waals surface area contributed by atoms with Gasteiger partial charge in [0.15, 0.2) is 0 Å². The lowest BCUT2D eigenvalue weighted by atomic mass is 9.86. The molecule has 0 bridgehead atoms. The summed E-state index contributed by atoms with van der Waals surface area (Å²) < 4.78 is -0.143. The molecule has 1 aliphatic carbocycles. The molecule has 0 nitrogen and oxygen atoms in total. The van der Waals surface area contributed by atoms with E-state index in [9.17, 15) is 0 Å². The Bertz CT molecular complexity index is 359. The molecule has 1 aromatic carbocycles. The fourth-order valence-corrected chi connectivity index (χ4v) is 2.45. The zero-order valence-electron chi connectivity index (χ0n) is 9.55. The summed E-state index contributed by atoms with van der Waals surface area (Å²) in [5.41, 5.74) is 2.96. The van der Waals surface area contributed by atoms with Gasteiger partial charge in [0, 0.05) is 0 Å². The summed E-state index contributed by atoms with van der Waals surface area (Å²) in [6.45, 7) is 6.70. The van der Waals surface area contributed by atoms with E-state index < -0.39 is 0 Å². The molecule has 0 heterocycles. The highest BCUT2D eigenvalue weighted by Crippen LogP contribution is 2.55. The SMILES string of the molecule is [B]C1(Br)C[C@@H]1c1ccc(C(C)(C)C)cc1. The molecule has 0 spiro atoms. The predicted molar refractivity (Wildman–Crippen MR) is 69.9 cm³/mol. The first-order valence-corrected chi connectivity index (χ1v) is 6.18. The fraction of sp³-hybridized carbons (Fsp3) is 0.538. The van der Waals surface area contributed by atoms with Gasteiger partial charge in [0.2, 0.25) is 0 Å². The van der Waals surface area contributed by atoms with Crippen LogP contribution in [-0.4, -0.2) is 12.1 Å². The molecule has 1 unspecified atom stereocenters. The Morgan fingerprint density at radius 2 is 1.73 bits per heavy atom. The first kappa shape index (κ1) is 11.3. The third-order valence-corrected chi connectivity index (χ3v) is 3.99. The zero-order chi connectivity index (χ0) is 11.3. The molecule has 2 heteroatoms. The van der Waals surface area contributed by atoms with Gasteiger partial charge >= 0.3 is 0 Å². The zero-order valence-corrected chi connectivity index (χ0v) is 11.1. The van der Waals surface area contributed by atoms with Crippen molar-refractivity contribution in [1.82, 2.24) is 0 Å². The minimum absolute atomic E-state index is 0.143. The standard InChI is InChI=1S/C13H16BBr/c1-12(2,3)10-6-4-9(5-7-10)11-8-13(11,14)15/h4-7,11H,8H2,1-3H3/t11-,13?/m1/s1. The molecule has 78 valence electrons. The molecular weight excluding hydrogens is 247 g/mol. The van der Waals surface area contributed by atoms with Crippen LogP contribution in [0.3, 0.4) is 0 Å². The van der Waals surface area contributed by atoms with Crippen LogP contribution in [0, 0.1) is 0 Å². The highest BCUT2D eigenvalue weighted by Gasteiger charge is 2.47. The molecule has 0 aliphatic heterocycles. The fourth-order valence-electron chi connectivity index (χ4n) is 1.86. The Hall–Kier alpha value is -0.235.